The Balaban J connectivity index is 2.09. The Morgan fingerprint density at radius 3 is 2.96 bits per heavy atom. The van der Waals surface area contributed by atoms with Crippen molar-refractivity contribution in [3.05, 3.63) is 41.6 Å². The van der Waals surface area contributed by atoms with Crippen molar-refractivity contribution in [2.75, 3.05) is 17.7 Å². The smallest absolute Gasteiger partial charge is 0.256 e. The fourth-order valence-corrected chi connectivity index (χ4v) is 2.12. The average Bonchev–Trinajstić information content (AvgIpc) is 2.48. The van der Waals surface area contributed by atoms with Crippen molar-refractivity contribution in [1.82, 2.24) is 4.98 Å². The maximum atomic E-state index is 11.0. The molecule has 128 valence electrons. The van der Waals surface area contributed by atoms with Gasteiger partial charge in [-0.05, 0) is 38.6 Å². The molecule has 1 aromatic heterocycles. The first-order chi connectivity index (χ1) is 11.3. The number of hydrogen-bond acceptors (Lipinski definition) is 6. The molecule has 1 amide bonds. The summed E-state index contributed by atoms with van der Waals surface area (Å²) in [7, 11) is 0. The highest BCUT2D eigenvalue weighted by Crippen LogP contribution is 2.26. The van der Waals surface area contributed by atoms with E-state index in [-0.39, 0.29) is 5.91 Å². The summed E-state index contributed by atoms with van der Waals surface area (Å²) < 4.78 is 11.4. The molecule has 0 aromatic carbocycles. The van der Waals surface area contributed by atoms with Crippen molar-refractivity contribution in [2.24, 2.45) is 4.99 Å². The van der Waals surface area contributed by atoms with E-state index in [9.17, 15) is 4.79 Å². The lowest BCUT2D eigenvalue weighted by molar-refractivity contribution is -0.114. The van der Waals surface area contributed by atoms with Crippen LogP contribution in [-0.4, -0.2) is 29.8 Å². The Kier molecular flexibility index (Phi) is 5.23. The zero-order chi connectivity index (χ0) is 17.7. The lowest BCUT2D eigenvalue weighted by Crippen LogP contribution is -2.34. The minimum Gasteiger partial charge on any atom is -0.479 e. The SMILES string of the molecule is C=NC1=C(/C=C\Cc2cnc(NC(C)=O)cc2N)OC(C)(C)CO1. The van der Waals surface area contributed by atoms with E-state index in [1.807, 2.05) is 19.9 Å². The van der Waals surface area contributed by atoms with Crippen molar-refractivity contribution in [2.45, 2.75) is 32.8 Å². The Labute approximate surface area is 141 Å². The van der Waals surface area contributed by atoms with Gasteiger partial charge in [0.15, 0.2) is 5.76 Å². The second kappa shape index (κ2) is 7.16. The molecular formula is C17H22N4O3. The predicted molar refractivity (Wildman–Crippen MR) is 93.5 cm³/mol. The van der Waals surface area contributed by atoms with Gasteiger partial charge in [-0.25, -0.2) is 9.98 Å². The molecule has 7 heteroatoms. The Morgan fingerprint density at radius 1 is 1.58 bits per heavy atom. The van der Waals surface area contributed by atoms with Gasteiger partial charge in [0.25, 0.3) is 5.88 Å². The number of rotatable bonds is 5. The quantitative estimate of drug-likeness (QED) is 0.808. The molecule has 0 spiro atoms. The molecule has 0 saturated carbocycles. The first kappa shape index (κ1) is 17.5. The molecule has 3 N–H and O–H groups in total. The van der Waals surface area contributed by atoms with E-state index in [1.165, 1.54) is 6.92 Å². The van der Waals surface area contributed by atoms with Gasteiger partial charge in [0, 0.05) is 24.9 Å². The van der Waals surface area contributed by atoms with Crippen LogP contribution in [-0.2, 0) is 20.7 Å². The van der Waals surface area contributed by atoms with Gasteiger partial charge in [-0.2, -0.15) is 0 Å². The summed E-state index contributed by atoms with van der Waals surface area (Å²) in [6.45, 7) is 9.19. The van der Waals surface area contributed by atoms with Crippen LogP contribution < -0.4 is 11.1 Å². The molecule has 0 aliphatic carbocycles. The van der Waals surface area contributed by atoms with Crippen LogP contribution in [0, 0.1) is 0 Å². The number of allylic oxidation sites excluding steroid dienone is 2. The van der Waals surface area contributed by atoms with Crippen LogP contribution in [0.1, 0.15) is 26.3 Å². The van der Waals surface area contributed by atoms with Gasteiger partial charge in [-0.3, -0.25) is 4.79 Å². The average molecular weight is 330 g/mol. The molecule has 0 fully saturated rings. The number of aromatic nitrogens is 1. The lowest BCUT2D eigenvalue weighted by Gasteiger charge is -2.31. The van der Waals surface area contributed by atoms with Crippen molar-refractivity contribution < 1.29 is 14.3 Å². The number of nitrogen functional groups attached to an aromatic ring is 1. The van der Waals surface area contributed by atoms with Crippen LogP contribution in [0.5, 0.6) is 0 Å². The van der Waals surface area contributed by atoms with Crippen LogP contribution in [0.25, 0.3) is 0 Å². The first-order valence-corrected chi connectivity index (χ1v) is 7.52. The van der Waals surface area contributed by atoms with Gasteiger partial charge in [-0.1, -0.05) is 6.08 Å². The van der Waals surface area contributed by atoms with E-state index >= 15 is 0 Å². The number of ether oxygens (including phenoxy) is 2. The molecule has 1 aliphatic rings. The normalized spacial score (nSPS) is 16.5. The molecule has 0 atom stereocenters. The van der Waals surface area contributed by atoms with E-state index in [2.05, 4.69) is 22.0 Å². The van der Waals surface area contributed by atoms with Crippen LogP contribution >= 0.6 is 0 Å². The van der Waals surface area contributed by atoms with Crippen LogP contribution in [0.3, 0.4) is 0 Å². The fourth-order valence-electron chi connectivity index (χ4n) is 2.12. The Morgan fingerprint density at radius 2 is 2.33 bits per heavy atom. The number of pyridine rings is 1. The molecule has 7 nitrogen and oxygen atoms in total. The second-order valence-electron chi connectivity index (χ2n) is 6.03. The van der Waals surface area contributed by atoms with Crippen molar-refractivity contribution in [3.63, 3.8) is 0 Å². The van der Waals surface area contributed by atoms with E-state index in [0.717, 1.165) is 5.56 Å². The van der Waals surface area contributed by atoms with Crippen molar-refractivity contribution in [1.29, 1.82) is 0 Å². The number of nitrogens with one attached hydrogen (secondary N) is 1. The maximum absolute atomic E-state index is 11.0. The summed E-state index contributed by atoms with van der Waals surface area (Å²) in [5, 5.41) is 2.59. The number of aliphatic imine (C=N–C) groups is 1. The van der Waals surface area contributed by atoms with Gasteiger partial charge >= 0.3 is 0 Å². The zero-order valence-corrected chi connectivity index (χ0v) is 14.1. The van der Waals surface area contributed by atoms with Crippen molar-refractivity contribution >= 4 is 24.1 Å². The molecule has 24 heavy (non-hydrogen) atoms. The molecule has 2 heterocycles. The number of amides is 1. The van der Waals surface area contributed by atoms with E-state index < -0.39 is 5.60 Å². The Bertz CT molecular complexity index is 708. The van der Waals surface area contributed by atoms with Gasteiger partial charge in [0.05, 0.1) is 0 Å². The molecular weight excluding hydrogens is 308 g/mol. The van der Waals surface area contributed by atoms with E-state index in [4.69, 9.17) is 15.2 Å². The van der Waals surface area contributed by atoms with E-state index in [0.29, 0.717) is 36.2 Å². The summed E-state index contributed by atoms with van der Waals surface area (Å²) >= 11 is 0. The standard InChI is InChI=1S/C17H22N4O3/c1-11(22)21-15-8-13(18)12(9-20-15)6-5-7-14-16(19-4)23-10-17(2,3)24-14/h5,7-9H,4,6,10H2,1-3H3,(H3,18,20,21,22)/b7-5-. The van der Waals surface area contributed by atoms with Gasteiger partial charge < -0.3 is 20.5 Å². The minimum absolute atomic E-state index is 0.192. The van der Waals surface area contributed by atoms with Crippen LogP contribution in [0.15, 0.2) is 41.0 Å². The number of nitrogens with zero attached hydrogens (tertiary/aromatic N) is 2. The molecule has 0 radical (unpaired) electrons. The number of hydrogen-bond donors (Lipinski definition) is 2. The molecule has 0 unspecified atom stereocenters. The summed E-state index contributed by atoms with van der Waals surface area (Å²) in [5.41, 5.74) is 6.96. The third kappa shape index (κ3) is 4.58. The summed E-state index contributed by atoms with van der Waals surface area (Å²) in [6.07, 6.45) is 5.86. The molecule has 1 aliphatic heterocycles. The fraction of sp³-hybridized carbons (Fsp3) is 0.353. The molecule has 0 saturated heterocycles. The minimum atomic E-state index is -0.422. The van der Waals surface area contributed by atoms with Crippen LogP contribution in [0.2, 0.25) is 0 Å². The Hall–Kier alpha value is -2.83. The van der Waals surface area contributed by atoms with Gasteiger partial charge in [0.2, 0.25) is 5.91 Å². The van der Waals surface area contributed by atoms with Crippen molar-refractivity contribution in [3.8, 4) is 0 Å². The third-order valence-corrected chi connectivity index (χ3v) is 3.23. The first-order valence-electron chi connectivity index (χ1n) is 7.52. The summed E-state index contributed by atoms with van der Waals surface area (Å²) in [6, 6.07) is 1.63. The van der Waals surface area contributed by atoms with Crippen LogP contribution in [0.4, 0.5) is 11.5 Å². The highest BCUT2D eigenvalue weighted by molar-refractivity contribution is 5.88. The number of carbonyl (C=O) groups is 1. The summed E-state index contributed by atoms with van der Waals surface area (Å²) in [4.78, 5) is 19.0. The largest absolute Gasteiger partial charge is 0.479 e. The highest BCUT2D eigenvalue weighted by Gasteiger charge is 2.28. The van der Waals surface area contributed by atoms with Gasteiger partial charge in [0.1, 0.15) is 18.0 Å². The molecule has 2 rings (SSSR count). The van der Waals surface area contributed by atoms with E-state index in [1.54, 1.807) is 18.3 Å². The molecule has 1 aromatic rings. The third-order valence-electron chi connectivity index (χ3n) is 3.23. The lowest BCUT2D eigenvalue weighted by atomic mass is 10.1. The van der Waals surface area contributed by atoms with Gasteiger partial charge in [-0.15, -0.1) is 0 Å². The summed E-state index contributed by atoms with van der Waals surface area (Å²) in [5.74, 6) is 1.14. The number of carbonyl (C=O) groups excluding carboxylic acids is 1. The predicted octanol–water partition coefficient (Wildman–Crippen LogP) is 2.42. The highest BCUT2D eigenvalue weighted by atomic mass is 16.6. The number of nitrogens with two attached hydrogens (primary N) is 1. The second-order valence-corrected chi connectivity index (χ2v) is 6.03. The zero-order valence-electron chi connectivity index (χ0n) is 14.1. The monoisotopic (exact) mass is 330 g/mol. The molecule has 0 bridgehead atoms. The topological polar surface area (TPSA) is 98.8 Å². The number of anilines is 2. The maximum Gasteiger partial charge on any atom is 0.256 e.